The van der Waals surface area contributed by atoms with Gasteiger partial charge >= 0.3 is 0 Å². The predicted octanol–water partition coefficient (Wildman–Crippen LogP) is 4.42. The maximum Gasteiger partial charge on any atom is 0.185 e. The number of methoxy groups -OCH3 is 1. The lowest BCUT2D eigenvalue weighted by molar-refractivity contribution is 0.104. The van der Waals surface area contributed by atoms with Crippen LogP contribution in [0.3, 0.4) is 0 Å². The zero-order valence-electron chi connectivity index (χ0n) is 12.8. The molecule has 0 heterocycles. The molecular weight excluding hydrogens is 342 g/mol. The van der Waals surface area contributed by atoms with Crippen LogP contribution in [0, 0.1) is 0 Å². The van der Waals surface area contributed by atoms with Crippen molar-refractivity contribution < 1.29 is 9.53 Å². The van der Waals surface area contributed by atoms with Crippen LogP contribution in [0.15, 0.2) is 53.0 Å². The number of ether oxygens (including phenoxy) is 1. The van der Waals surface area contributed by atoms with Crippen LogP contribution in [0.4, 0.5) is 5.69 Å². The third kappa shape index (κ3) is 3.98. The Hall–Kier alpha value is -2.07. The van der Waals surface area contributed by atoms with Crippen LogP contribution in [0.25, 0.3) is 6.08 Å². The van der Waals surface area contributed by atoms with E-state index in [1.165, 1.54) is 0 Å². The summed E-state index contributed by atoms with van der Waals surface area (Å²) < 4.78 is 6.23. The van der Waals surface area contributed by atoms with Gasteiger partial charge in [0.05, 0.1) is 7.11 Å². The first-order valence-electron chi connectivity index (χ1n) is 6.84. The van der Waals surface area contributed by atoms with E-state index in [9.17, 15) is 4.79 Å². The average Bonchev–Trinajstić information content (AvgIpc) is 2.52. The Bertz CT molecular complexity index is 691. The largest absolute Gasteiger partial charge is 0.496 e. The van der Waals surface area contributed by atoms with Gasteiger partial charge in [0.1, 0.15) is 5.75 Å². The SMILES string of the molecule is COc1ccc(Br)cc1/C=C/C(=O)c1ccc(N(C)C)cc1. The lowest BCUT2D eigenvalue weighted by Gasteiger charge is -2.11. The van der Waals surface area contributed by atoms with Crippen molar-refractivity contribution in [3.05, 3.63) is 64.1 Å². The molecule has 0 saturated heterocycles. The molecule has 0 radical (unpaired) electrons. The first-order valence-corrected chi connectivity index (χ1v) is 7.64. The lowest BCUT2D eigenvalue weighted by atomic mass is 10.1. The zero-order valence-corrected chi connectivity index (χ0v) is 14.4. The number of anilines is 1. The Balaban J connectivity index is 2.19. The summed E-state index contributed by atoms with van der Waals surface area (Å²) in [6, 6.07) is 13.2. The fourth-order valence-corrected chi connectivity index (χ4v) is 2.40. The standard InChI is InChI=1S/C18H18BrNO2/c1-20(2)16-8-4-13(5-9-16)17(21)10-6-14-12-15(19)7-11-18(14)22-3/h4-12H,1-3H3/b10-6+. The van der Waals surface area contributed by atoms with E-state index in [1.54, 1.807) is 19.3 Å². The summed E-state index contributed by atoms with van der Waals surface area (Å²) in [4.78, 5) is 14.2. The number of halogens is 1. The molecule has 0 aliphatic carbocycles. The number of rotatable bonds is 5. The Morgan fingerprint density at radius 3 is 2.41 bits per heavy atom. The van der Waals surface area contributed by atoms with E-state index in [0.29, 0.717) is 5.56 Å². The van der Waals surface area contributed by atoms with E-state index >= 15 is 0 Å². The van der Waals surface area contributed by atoms with Crippen LogP contribution < -0.4 is 9.64 Å². The highest BCUT2D eigenvalue weighted by Gasteiger charge is 2.04. The molecule has 0 fully saturated rings. The molecule has 0 aliphatic rings. The number of hydrogen-bond acceptors (Lipinski definition) is 3. The minimum Gasteiger partial charge on any atom is -0.496 e. The molecule has 0 amide bonds. The topological polar surface area (TPSA) is 29.5 Å². The van der Waals surface area contributed by atoms with Crippen LogP contribution in [0.2, 0.25) is 0 Å². The summed E-state index contributed by atoms with van der Waals surface area (Å²) in [6.07, 6.45) is 3.33. The second-order valence-corrected chi connectivity index (χ2v) is 5.94. The van der Waals surface area contributed by atoms with Gasteiger partial charge < -0.3 is 9.64 Å². The van der Waals surface area contributed by atoms with Crippen LogP contribution in [0.1, 0.15) is 15.9 Å². The second-order valence-electron chi connectivity index (χ2n) is 5.03. The summed E-state index contributed by atoms with van der Waals surface area (Å²) in [5, 5.41) is 0. The van der Waals surface area contributed by atoms with Crippen molar-refractivity contribution in [2.75, 3.05) is 26.1 Å². The first kappa shape index (κ1) is 16.3. The Morgan fingerprint density at radius 2 is 1.82 bits per heavy atom. The number of hydrogen-bond donors (Lipinski definition) is 0. The van der Waals surface area contributed by atoms with Crippen molar-refractivity contribution in [1.82, 2.24) is 0 Å². The zero-order chi connectivity index (χ0) is 16.1. The van der Waals surface area contributed by atoms with Crippen molar-refractivity contribution in [3.63, 3.8) is 0 Å². The van der Waals surface area contributed by atoms with Crippen molar-refractivity contribution >= 4 is 33.5 Å². The molecule has 0 bridgehead atoms. The molecule has 0 unspecified atom stereocenters. The monoisotopic (exact) mass is 359 g/mol. The number of nitrogens with zero attached hydrogens (tertiary/aromatic N) is 1. The van der Waals surface area contributed by atoms with Crippen molar-refractivity contribution in [2.24, 2.45) is 0 Å². The molecule has 3 nitrogen and oxygen atoms in total. The summed E-state index contributed by atoms with van der Waals surface area (Å²) in [7, 11) is 5.55. The number of carbonyl (C=O) groups is 1. The molecule has 2 aromatic rings. The molecule has 0 spiro atoms. The summed E-state index contributed by atoms with van der Waals surface area (Å²) in [6.45, 7) is 0. The quantitative estimate of drug-likeness (QED) is 0.584. The smallest absolute Gasteiger partial charge is 0.185 e. The molecule has 2 aromatic carbocycles. The van der Waals surface area contributed by atoms with Crippen molar-refractivity contribution in [2.45, 2.75) is 0 Å². The van der Waals surface area contributed by atoms with Gasteiger partial charge in [0.15, 0.2) is 5.78 Å². The van der Waals surface area contributed by atoms with Gasteiger partial charge in [-0.2, -0.15) is 0 Å². The maximum absolute atomic E-state index is 12.2. The van der Waals surface area contributed by atoms with Gasteiger partial charge in [-0.1, -0.05) is 15.9 Å². The third-order valence-corrected chi connectivity index (χ3v) is 3.77. The van der Waals surface area contributed by atoms with Crippen LogP contribution >= 0.6 is 15.9 Å². The Labute approximate surface area is 139 Å². The van der Waals surface area contributed by atoms with Gasteiger partial charge in [0.2, 0.25) is 0 Å². The predicted molar refractivity (Wildman–Crippen MR) is 94.8 cm³/mol. The van der Waals surface area contributed by atoms with Gasteiger partial charge in [0.25, 0.3) is 0 Å². The summed E-state index contributed by atoms with van der Waals surface area (Å²) >= 11 is 3.42. The molecule has 0 saturated carbocycles. The molecule has 2 rings (SSSR count). The maximum atomic E-state index is 12.2. The molecule has 4 heteroatoms. The summed E-state index contributed by atoms with van der Waals surface area (Å²) in [5.74, 6) is 0.697. The van der Waals surface area contributed by atoms with Gasteiger partial charge in [-0.05, 0) is 54.6 Å². The fourth-order valence-electron chi connectivity index (χ4n) is 2.02. The highest BCUT2D eigenvalue weighted by Crippen LogP contribution is 2.24. The number of ketones is 1. The lowest BCUT2D eigenvalue weighted by Crippen LogP contribution is -2.08. The van der Waals surface area contributed by atoms with E-state index in [0.717, 1.165) is 21.5 Å². The molecular formula is C18H18BrNO2. The van der Waals surface area contributed by atoms with Gasteiger partial charge in [-0.15, -0.1) is 0 Å². The minimum atomic E-state index is -0.0349. The molecule has 114 valence electrons. The van der Waals surface area contributed by atoms with Gasteiger partial charge in [-0.25, -0.2) is 0 Å². The number of carbonyl (C=O) groups excluding carboxylic acids is 1. The summed E-state index contributed by atoms with van der Waals surface area (Å²) in [5.41, 5.74) is 2.58. The first-order chi connectivity index (χ1) is 10.5. The van der Waals surface area contributed by atoms with E-state index in [4.69, 9.17) is 4.74 Å². The van der Waals surface area contributed by atoms with E-state index in [1.807, 2.05) is 61.5 Å². The van der Waals surface area contributed by atoms with Crippen LogP contribution in [-0.4, -0.2) is 27.0 Å². The van der Waals surface area contributed by atoms with Crippen LogP contribution in [-0.2, 0) is 0 Å². The Kier molecular flexibility index (Phi) is 5.39. The van der Waals surface area contributed by atoms with Crippen molar-refractivity contribution in [1.29, 1.82) is 0 Å². The average molecular weight is 360 g/mol. The van der Waals surface area contributed by atoms with E-state index in [-0.39, 0.29) is 5.78 Å². The van der Waals surface area contributed by atoms with Crippen LogP contribution in [0.5, 0.6) is 5.75 Å². The number of allylic oxidation sites excluding steroid dienone is 1. The van der Waals surface area contributed by atoms with Crippen molar-refractivity contribution in [3.8, 4) is 5.75 Å². The minimum absolute atomic E-state index is 0.0349. The fraction of sp³-hybridized carbons (Fsp3) is 0.167. The van der Waals surface area contributed by atoms with E-state index < -0.39 is 0 Å². The molecule has 0 aromatic heterocycles. The second kappa shape index (κ2) is 7.27. The number of benzene rings is 2. The van der Waals surface area contributed by atoms with E-state index in [2.05, 4.69) is 15.9 Å². The molecule has 0 atom stereocenters. The highest BCUT2D eigenvalue weighted by molar-refractivity contribution is 9.10. The highest BCUT2D eigenvalue weighted by atomic mass is 79.9. The van der Waals surface area contributed by atoms with Gasteiger partial charge in [-0.3, -0.25) is 4.79 Å². The third-order valence-electron chi connectivity index (χ3n) is 3.27. The Morgan fingerprint density at radius 1 is 1.14 bits per heavy atom. The molecule has 22 heavy (non-hydrogen) atoms. The molecule has 0 N–H and O–H groups in total. The normalized spacial score (nSPS) is 10.7. The molecule has 0 aliphatic heterocycles. The van der Waals surface area contributed by atoms with Gasteiger partial charge in [0, 0.05) is 35.4 Å².